The van der Waals surface area contributed by atoms with E-state index >= 15 is 0 Å². The van der Waals surface area contributed by atoms with Crippen molar-refractivity contribution in [2.75, 3.05) is 6.54 Å². The van der Waals surface area contributed by atoms with E-state index in [0.29, 0.717) is 12.2 Å². The zero-order valence-electron chi connectivity index (χ0n) is 10.2. The second-order valence-corrected chi connectivity index (χ2v) is 6.06. The maximum Gasteiger partial charge on any atom is 0.242 e. The average Bonchev–Trinajstić information content (AvgIpc) is 2.35. The van der Waals surface area contributed by atoms with Crippen molar-refractivity contribution in [3.8, 4) is 0 Å². The lowest BCUT2D eigenvalue weighted by atomic mass is 10.3. The smallest absolute Gasteiger partial charge is 0.242 e. The highest BCUT2D eigenvalue weighted by Crippen LogP contribution is 2.08. The zero-order valence-corrected chi connectivity index (χ0v) is 11.9. The quantitative estimate of drug-likeness (QED) is 0.581. The minimum absolute atomic E-state index is 0.124. The number of thiocarbonyl (C=S) groups is 1. The summed E-state index contributed by atoms with van der Waals surface area (Å²) >= 11 is 4.75. The molecule has 0 radical (unpaired) electrons. The molecule has 0 saturated carbocycles. The van der Waals surface area contributed by atoms with E-state index in [9.17, 15) is 8.42 Å². The molecule has 7 heteroatoms. The molecule has 3 N–H and O–H groups in total. The first-order chi connectivity index (χ1) is 8.47. The molecule has 0 spiro atoms. The highest BCUT2D eigenvalue weighted by atomic mass is 32.2. The van der Waals surface area contributed by atoms with Gasteiger partial charge in [-0.1, -0.05) is 32.0 Å². The first kappa shape index (κ1) is 15.0. The Morgan fingerprint density at radius 3 is 2.67 bits per heavy atom. The summed E-state index contributed by atoms with van der Waals surface area (Å²) in [6, 6.07) is 2.95. The fraction of sp³-hybridized carbons (Fsp3) is 0.455. The Balaban J connectivity index is 2.70. The Morgan fingerprint density at radius 1 is 1.44 bits per heavy atom. The van der Waals surface area contributed by atoms with Crippen molar-refractivity contribution in [3.05, 3.63) is 24.0 Å². The van der Waals surface area contributed by atoms with Gasteiger partial charge in [-0.3, -0.25) is 4.98 Å². The van der Waals surface area contributed by atoms with Crippen molar-refractivity contribution in [1.29, 1.82) is 0 Å². The molecular weight excluding hydrogens is 270 g/mol. The van der Waals surface area contributed by atoms with Gasteiger partial charge in [0, 0.05) is 12.7 Å². The van der Waals surface area contributed by atoms with Crippen LogP contribution in [-0.4, -0.2) is 24.9 Å². The van der Waals surface area contributed by atoms with Crippen molar-refractivity contribution in [2.45, 2.75) is 31.1 Å². The summed E-state index contributed by atoms with van der Waals surface area (Å²) in [7, 11) is -3.48. The van der Waals surface area contributed by atoms with Gasteiger partial charge >= 0.3 is 0 Å². The molecule has 0 amide bonds. The Hall–Kier alpha value is -1.05. The van der Waals surface area contributed by atoms with Gasteiger partial charge in [0.2, 0.25) is 10.0 Å². The molecule has 0 aliphatic rings. The van der Waals surface area contributed by atoms with E-state index < -0.39 is 10.0 Å². The second kappa shape index (κ2) is 6.77. The SMILES string of the molecule is CCCCCNS(=O)(=O)c1ccc(C(N)=S)nc1. The van der Waals surface area contributed by atoms with Crippen LogP contribution in [0.25, 0.3) is 0 Å². The molecule has 0 aliphatic heterocycles. The summed E-state index contributed by atoms with van der Waals surface area (Å²) in [6.07, 6.45) is 4.14. The van der Waals surface area contributed by atoms with Crippen molar-refractivity contribution in [3.63, 3.8) is 0 Å². The number of nitrogens with zero attached hydrogens (tertiary/aromatic N) is 1. The first-order valence-electron chi connectivity index (χ1n) is 5.73. The fourth-order valence-electron chi connectivity index (χ4n) is 1.35. The molecule has 18 heavy (non-hydrogen) atoms. The standard InChI is InChI=1S/C11H17N3O2S2/c1-2-3-4-7-14-18(15,16)9-5-6-10(11(12)17)13-8-9/h5-6,8,14H,2-4,7H2,1H3,(H2,12,17). The largest absolute Gasteiger partial charge is 0.388 e. The van der Waals surface area contributed by atoms with Gasteiger partial charge in [0.25, 0.3) is 0 Å². The highest BCUT2D eigenvalue weighted by Gasteiger charge is 2.13. The predicted octanol–water partition coefficient (Wildman–Crippen LogP) is 1.18. The van der Waals surface area contributed by atoms with E-state index in [0.717, 1.165) is 19.3 Å². The van der Waals surface area contributed by atoms with Gasteiger partial charge < -0.3 is 5.73 Å². The molecule has 0 unspecified atom stereocenters. The first-order valence-corrected chi connectivity index (χ1v) is 7.62. The lowest BCUT2D eigenvalue weighted by molar-refractivity contribution is 0.575. The van der Waals surface area contributed by atoms with Crippen LogP contribution in [0.5, 0.6) is 0 Å². The summed E-state index contributed by atoms with van der Waals surface area (Å²) in [5, 5.41) is 0. The van der Waals surface area contributed by atoms with Gasteiger partial charge in [-0.15, -0.1) is 0 Å². The van der Waals surface area contributed by atoms with Crippen LogP contribution >= 0.6 is 12.2 Å². The number of sulfonamides is 1. The van der Waals surface area contributed by atoms with E-state index in [1.165, 1.54) is 18.3 Å². The normalized spacial score (nSPS) is 11.4. The predicted molar refractivity (Wildman–Crippen MR) is 74.8 cm³/mol. The Labute approximate surface area is 113 Å². The second-order valence-electron chi connectivity index (χ2n) is 3.85. The monoisotopic (exact) mass is 287 g/mol. The van der Waals surface area contributed by atoms with Gasteiger partial charge in [-0.2, -0.15) is 0 Å². The summed E-state index contributed by atoms with van der Waals surface area (Å²) in [4.78, 5) is 4.18. The van der Waals surface area contributed by atoms with E-state index in [-0.39, 0.29) is 9.88 Å². The van der Waals surface area contributed by atoms with E-state index in [1.807, 2.05) is 0 Å². The molecule has 1 aromatic rings. The van der Waals surface area contributed by atoms with Crippen LogP contribution in [0, 0.1) is 0 Å². The molecule has 0 aromatic carbocycles. The van der Waals surface area contributed by atoms with Crippen LogP contribution in [0.1, 0.15) is 31.9 Å². The Morgan fingerprint density at radius 2 is 2.17 bits per heavy atom. The van der Waals surface area contributed by atoms with E-state index in [4.69, 9.17) is 18.0 Å². The van der Waals surface area contributed by atoms with Crippen molar-refractivity contribution in [2.24, 2.45) is 5.73 Å². The van der Waals surface area contributed by atoms with Gasteiger partial charge in [0.05, 0.1) is 5.69 Å². The lowest BCUT2D eigenvalue weighted by Gasteiger charge is -2.06. The molecule has 0 atom stereocenters. The van der Waals surface area contributed by atoms with E-state index in [1.54, 1.807) is 0 Å². The topological polar surface area (TPSA) is 85.1 Å². The molecule has 1 rings (SSSR count). The minimum Gasteiger partial charge on any atom is -0.388 e. The number of rotatable bonds is 7. The van der Waals surface area contributed by atoms with Gasteiger partial charge in [-0.25, -0.2) is 13.1 Å². The average molecular weight is 287 g/mol. The maximum absolute atomic E-state index is 11.9. The van der Waals surface area contributed by atoms with Crippen molar-refractivity contribution in [1.82, 2.24) is 9.71 Å². The maximum atomic E-state index is 11.9. The lowest BCUT2D eigenvalue weighted by Crippen LogP contribution is -2.25. The Bertz CT molecular complexity index is 498. The van der Waals surface area contributed by atoms with E-state index in [2.05, 4.69) is 16.6 Å². The highest BCUT2D eigenvalue weighted by molar-refractivity contribution is 7.89. The number of hydrogen-bond donors (Lipinski definition) is 2. The zero-order chi connectivity index (χ0) is 13.6. The Kier molecular flexibility index (Phi) is 5.64. The summed E-state index contributed by atoms with van der Waals surface area (Å²) in [5.74, 6) is 0. The van der Waals surface area contributed by atoms with Gasteiger partial charge in [0.15, 0.2) is 0 Å². The van der Waals surface area contributed by atoms with Crippen LogP contribution in [0.4, 0.5) is 0 Å². The third kappa shape index (κ3) is 4.32. The van der Waals surface area contributed by atoms with Crippen LogP contribution in [0.3, 0.4) is 0 Å². The molecule has 0 saturated heterocycles. The molecule has 0 fully saturated rings. The van der Waals surface area contributed by atoms with Gasteiger partial charge in [0.1, 0.15) is 9.88 Å². The molecule has 1 heterocycles. The summed E-state index contributed by atoms with van der Waals surface area (Å²) < 4.78 is 26.2. The molecule has 5 nitrogen and oxygen atoms in total. The van der Waals surface area contributed by atoms with Crippen molar-refractivity contribution < 1.29 is 8.42 Å². The van der Waals surface area contributed by atoms with Crippen LogP contribution in [0.2, 0.25) is 0 Å². The summed E-state index contributed by atoms with van der Waals surface area (Å²) in [6.45, 7) is 2.50. The van der Waals surface area contributed by atoms with Crippen molar-refractivity contribution >= 4 is 27.2 Å². The fourth-order valence-corrected chi connectivity index (χ4v) is 2.49. The molecular formula is C11H17N3O2S2. The summed E-state index contributed by atoms with van der Waals surface area (Å²) in [5.41, 5.74) is 5.80. The molecule has 1 aromatic heterocycles. The molecule has 0 aliphatic carbocycles. The van der Waals surface area contributed by atoms with Gasteiger partial charge in [-0.05, 0) is 18.6 Å². The van der Waals surface area contributed by atoms with Crippen LogP contribution in [-0.2, 0) is 10.0 Å². The third-order valence-electron chi connectivity index (χ3n) is 2.37. The minimum atomic E-state index is -3.48. The number of nitrogens with two attached hydrogens (primary N) is 1. The molecule has 100 valence electrons. The van der Waals surface area contributed by atoms with Crippen LogP contribution < -0.4 is 10.5 Å². The number of pyridine rings is 1. The van der Waals surface area contributed by atoms with Crippen LogP contribution in [0.15, 0.2) is 23.2 Å². The number of hydrogen-bond acceptors (Lipinski definition) is 4. The number of nitrogens with one attached hydrogen (secondary N) is 1. The number of aromatic nitrogens is 1. The number of unbranched alkanes of at least 4 members (excludes halogenated alkanes) is 2. The molecule has 0 bridgehead atoms. The third-order valence-corrected chi connectivity index (χ3v) is 4.03.